The molecule has 25 heavy (non-hydrogen) atoms. The van der Waals surface area contributed by atoms with E-state index in [9.17, 15) is 5.11 Å². The van der Waals surface area contributed by atoms with Crippen molar-refractivity contribution in [2.45, 2.75) is 18.6 Å². The highest BCUT2D eigenvalue weighted by Gasteiger charge is 2.32. The largest absolute Gasteiger partial charge is 0.497 e. The number of rotatable bonds is 5. The van der Waals surface area contributed by atoms with Crippen LogP contribution in [0.25, 0.3) is 17.1 Å². The van der Waals surface area contributed by atoms with Crippen LogP contribution in [-0.2, 0) is 6.54 Å². The molecule has 1 fully saturated rings. The number of aromatic nitrogens is 4. The van der Waals surface area contributed by atoms with Gasteiger partial charge in [-0.15, -0.1) is 0 Å². The predicted octanol–water partition coefficient (Wildman–Crippen LogP) is 1.47. The van der Waals surface area contributed by atoms with Crippen molar-refractivity contribution < 1.29 is 9.84 Å². The van der Waals surface area contributed by atoms with E-state index in [0.29, 0.717) is 13.1 Å². The van der Waals surface area contributed by atoms with Crippen LogP contribution in [-0.4, -0.2) is 50.2 Å². The zero-order valence-corrected chi connectivity index (χ0v) is 14.1. The van der Waals surface area contributed by atoms with E-state index in [1.54, 1.807) is 24.2 Å². The molecule has 0 radical (unpaired) electrons. The molecule has 0 saturated carbocycles. The van der Waals surface area contributed by atoms with Crippen LogP contribution in [0.3, 0.4) is 0 Å². The summed E-state index contributed by atoms with van der Waals surface area (Å²) in [5, 5.41) is 18.3. The molecule has 1 unspecified atom stereocenters. The Labute approximate surface area is 145 Å². The van der Waals surface area contributed by atoms with Gasteiger partial charge in [-0.3, -0.25) is 0 Å². The standard InChI is InChI=1S/C18H21N5O2/c1-25-14-3-4-16(23-9-2-6-21-23)15(11-14)17-20-8-10-22(17)13-18(24)5-7-19-12-18/h2-4,6,8-11,19,24H,5,7,12-13H2,1H3. The van der Waals surface area contributed by atoms with Crippen LogP contribution in [0.15, 0.2) is 49.1 Å². The number of aliphatic hydroxyl groups is 1. The van der Waals surface area contributed by atoms with Crippen molar-refractivity contribution in [2.75, 3.05) is 20.2 Å². The number of nitrogens with zero attached hydrogens (tertiary/aromatic N) is 4. The molecule has 3 aromatic rings. The molecule has 1 aliphatic heterocycles. The third kappa shape index (κ3) is 3.04. The topological polar surface area (TPSA) is 77.1 Å². The zero-order chi connectivity index (χ0) is 17.3. The van der Waals surface area contributed by atoms with E-state index in [1.807, 2.05) is 41.2 Å². The highest BCUT2D eigenvalue weighted by molar-refractivity contribution is 5.69. The quantitative estimate of drug-likeness (QED) is 0.736. The van der Waals surface area contributed by atoms with Gasteiger partial charge in [0.15, 0.2) is 0 Å². The Hall–Kier alpha value is -2.64. The molecule has 0 amide bonds. The first-order valence-electron chi connectivity index (χ1n) is 8.31. The first kappa shape index (κ1) is 15.9. The van der Waals surface area contributed by atoms with Gasteiger partial charge in [0.25, 0.3) is 0 Å². The molecule has 1 saturated heterocycles. The van der Waals surface area contributed by atoms with E-state index < -0.39 is 5.60 Å². The lowest BCUT2D eigenvalue weighted by Gasteiger charge is -2.23. The number of hydrogen-bond acceptors (Lipinski definition) is 5. The van der Waals surface area contributed by atoms with Gasteiger partial charge in [-0.1, -0.05) is 0 Å². The molecule has 3 heterocycles. The number of benzene rings is 1. The van der Waals surface area contributed by atoms with Gasteiger partial charge in [0.1, 0.15) is 11.6 Å². The summed E-state index contributed by atoms with van der Waals surface area (Å²) in [6.45, 7) is 1.91. The Bertz CT molecular complexity index is 850. The predicted molar refractivity (Wildman–Crippen MR) is 93.8 cm³/mol. The van der Waals surface area contributed by atoms with Gasteiger partial charge < -0.3 is 19.7 Å². The summed E-state index contributed by atoms with van der Waals surface area (Å²) in [4.78, 5) is 4.54. The second-order valence-corrected chi connectivity index (χ2v) is 6.36. The molecule has 0 bridgehead atoms. The van der Waals surface area contributed by atoms with Crippen molar-refractivity contribution in [3.63, 3.8) is 0 Å². The van der Waals surface area contributed by atoms with Gasteiger partial charge >= 0.3 is 0 Å². The van der Waals surface area contributed by atoms with E-state index in [-0.39, 0.29) is 0 Å². The minimum absolute atomic E-state index is 0.491. The number of hydrogen-bond donors (Lipinski definition) is 2. The fraction of sp³-hybridized carbons (Fsp3) is 0.333. The second kappa shape index (κ2) is 6.34. The minimum atomic E-state index is -0.750. The molecule has 0 aliphatic carbocycles. The maximum absolute atomic E-state index is 10.7. The first-order valence-corrected chi connectivity index (χ1v) is 8.31. The molecule has 0 spiro atoms. The number of methoxy groups -OCH3 is 1. The van der Waals surface area contributed by atoms with Gasteiger partial charge in [0.05, 0.1) is 24.9 Å². The number of β-amino-alcohol motifs (C(OH)–C–C–N with tert-alkyl or cyclic N) is 1. The second-order valence-electron chi connectivity index (χ2n) is 6.36. The molecular weight excluding hydrogens is 318 g/mol. The molecule has 1 aliphatic rings. The average Bonchev–Trinajstić information content (AvgIpc) is 3.36. The zero-order valence-electron chi connectivity index (χ0n) is 14.1. The van der Waals surface area contributed by atoms with Crippen molar-refractivity contribution in [1.82, 2.24) is 24.6 Å². The molecule has 130 valence electrons. The summed E-state index contributed by atoms with van der Waals surface area (Å²) < 4.78 is 9.19. The van der Waals surface area contributed by atoms with Crippen LogP contribution < -0.4 is 10.1 Å². The molecule has 2 N–H and O–H groups in total. The molecule has 4 rings (SSSR count). The SMILES string of the molecule is COc1ccc(-n2cccn2)c(-c2nccn2CC2(O)CCNC2)c1. The summed E-state index contributed by atoms with van der Waals surface area (Å²) in [5.41, 5.74) is 1.07. The lowest BCUT2D eigenvalue weighted by molar-refractivity contribution is 0.0436. The third-order valence-electron chi connectivity index (χ3n) is 4.60. The number of nitrogens with one attached hydrogen (secondary N) is 1. The summed E-state index contributed by atoms with van der Waals surface area (Å²) in [6.07, 6.45) is 8.03. The van der Waals surface area contributed by atoms with E-state index in [2.05, 4.69) is 15.4 Å². The van der Waals surface area contributed by atoms with Crippen molar-refractivity contribution in [3.8, 4) is 22.8 Å². The molecule has 1 atom stereocenters. The molecule has 2 aromatic heterocycles. The summed E-state index contributed by atoms with van der Waals surface area (Å²) >= 11 is 0. The van der Waals surface area contributed by atoms with Gasteiger partial charge in [0.2, 0.25) is 0 Å². The van der Waals surface area contributed by atoms with Crippen LogP contribution in [0.2, 0.25) is 0 Å². The van der Waals surface area contributed by atoms with Crippen molar-refractivity contribution in [2.24, 2.45) is 0 Å². The Balaban J connectivity index is 1.78. The maximum Gasteiger partial charge on any atom is 0.142 e. The molecule has 1 aromatic carbocycles. The number of imidazole rings is 1. The summed E-state index contributed by atoms with van der Waals surface area (Å²) in [5.74, 6) is 1.53. The Kier molecular flexibility index (Phi) is 4.03. The summed E-state index contributed by atoms with van der Waals surface area (Å²) in [6, 6.07) is 7.70. The van der Waals surface area contributed by atoms with E-state index in [0.717, 1.165) is 35.8 Å². The molecular formula is C18H21N5O2. The molecule has 7 nitrogen and oxygen atoms in total. The van der Waals surface area contributed by atoms with Crippen LogP contribution in [0.5, 0.6) is 5.75 Å². The Morgan fingerprint density at radius 2 is 2.24 bits per heavy atom. The Morgan fingerprint density at radius 1 is 1.32 bits per heavy atom. The fourth-order valence-corrected chi connectivity index (χ4v) is 3.30. The van der Waals surface area contributed by atoms with Gasteiger partial charge in [-0.2, -0.15) is 5.10 Å². The van der Waals surface area contributed by atoms with Crippen LogP contribution in [0.4, 0.5) is 0 Å². The monoisotopic (exact) mass is 339 g/mol. The van der Waals surface area contributed by atoms with E-state index in [4.69, 9.17) is 4.74 Å². The molecule has 7 heteroatoms. The normalized spacial score (nSPS) is 20.1. The minimum Gasteiger partial charge on any atom is -0.497 e. The van der Waals surface area contributed by atoms with Gasteiger partial charge in [-0.05, 0) is 37.2 Å². The van der Waals surface area contributed by atoms with E-state index >= 15 is 0 Å². The first-order chi connectivity index (χ1) is 12.2. The van der Waals surface area contributed by atoms with Crippen LogP contribution in [0.1, 0.15) is 6.42 Å². The fourth-order valence-electron chi connectivity index (χ4n) is 3.30. The van der Waals surface area contributed by atoms with Gasteiger partial charge in [-0.25, -0.2) is 9.67 Å². The Morgan fingerprint density at radius 3 is 2.96 bits per heavy atom. The van der Waals surface area contributed by atoms with Crippen LogP contribution >= 0.6 is 0 Å². The highest BCUT2D eigenvalue weighted by atomic mass is 16.5. The average molecular weight is 339 g/mol. The van der Waals surface area contributed by atoms with E-state index in [1.165, 1.54) is 0 Å². The lowest BCUT2D eigenvalue weighted by Crippen LogP contribution is -2.36. The van der Waals surface area contributed by atoms with Gasteiger partial charge in [0, 0.05) is 36.9 Å². The van der Waals surface area contributed by atoms with Crippen LogP contribution in [0, 0.1) is 0 Å². The highest BCUT2D eigenvalue weighted by Crippen LogP contribution is 2.30. The summed E-state index contributed by atoms with van der Waals surface area (Å²) in [7, 11) is 1.64. The number of ether oxygens (including phenoxy) is 1. The lowest BCUT2D eigenvalue weighted by atomic mass is 10.0. The smallest absolute Gasteiger partial charge is 0.142 e. The third-order valence-corrected chi connectivity index (χ3v) is 4.60. The van der Waals surface area contributed by atoms with Crippen molar-refractivity contribution in [3.05, 3.63) is 49.1 Å². The van der Waals surface area contributed by atoms with Crippen molar-refractivity contribution in [1.29, 1.82) is 0 Å². The maximum atomic E-state index is 10.7. The van der Waals surface area contributed by atoms with Crippen molar-refractivity contribution >= 4 is 0 Å².